The van der Waals surface area contributed by atoms with Gasteiger partial charge in [0, 0.05) is 18.2 Å². The van der Waals surface area contributed by atoms with E-state index in [1.54, 1.807) is 6.20 Å². The van der Waals surface area contributed by atoms with Crippen LogP contribution in [0, 0.1) is 0 Å². The second-order valence-electron chi connectivity index (χ2n) is 5.33. The van der Waals surface area contributed by atoms with Gasteiger partial charge in [-0.1, -0.05) is 18.2 Å². The van der Waals surface area contributed by atoms with Gasteiger partial charge in [0.2, 0.25) is 5.91 Å². The SMILES string of the molecule is O=C(NCCOc1cccc2cccnc12)[C@@H]1CCCCO1. The average molecular weight is 300 g/mol. The van der Waals surface area contributed by atoms with Crippen molar-refractivity contribution >= 4 is 16.8 Å². The quantitative estimate of drug-likeness (QED) is 0.861. The Morgan fingerprint density at radius 2 is 2.23 bits per heavy atom. The molecule has 0 radical (unpaired) electrons. The van der Waals surface area contributed by atoms with Crippen LogP contribution in [0.15, 0.2) is 36.5 Å². The highest BCUT2D eigenvalue weighted by atomic mass is 16.5. The zero-order chi connectivity index (χ0) is 15.2. The number of pyridine rings is 1. The van der Waals surface area contributed by atoms with Gasteiger partial charge in [0.15, 0.2) is 0 Å². The van der Waals surface area contributed by atoms with Gasteiger partial charge < -0.3 is 14.8 Å². The first-order valence-electron chi connectivity index (χ1n) is 7.70. The fourth-order valence-electron chi connectivity index (χ4n) is 2.59. The number of rotatable bonds is 5. The number of para-hydroxylation sites is 1. The number of hydrogen-bond donors (Lipinski definition) is 1. The van der Waals surface area contributed by atoms with Gasteiger partial charge in [-0.05, 0) is 31.4 Å². The Morgan fingerprint density at radius 3 is 3.09 bits per heavy atom. The number of hydrogen-bond acceptors (Lipinski definition) is 4. The molecule has 3 rings (SSSR count). The molecule has 1 atom stereocenters. The Bertz CT molecular complexity index is 633. The van der Waals surface area contributed by atoms with Gasteiger partial charge in [0.25, 0.3) is 0 Å². The third kappa shape index (κ3) is 3.54. The summed E-state index contributed by atoms with van der Waals surface area (Å²) in [5, 5.41) is 3.90. The summed E-state index contributed by atoms with van der Waals surface area (Å²) in [5.74, 6) is 0.695. The molecule has 1 aliphatic rings. The standard InChI is InChI=1S/C17H20N2O3/c20-17(15-7-1-2-11-21-15)19-10-12-22-14-8-3-5-13-6-4-9-18-16(13)14/h3-6,8-9,15H,1-2,7,10-12H2,(H,19,20)/t15-/m0/s1. The van der Waals surface area contributed by atoms with Crippen molar-refractivity contribution in [1.82, 2.24) is 10.3 Å². The van der Waals surface area contributed by atoms with Crippen molar-refractivity contribution < 1.29 is 14.3 Å². The first-order valence-corrected chi connectivity index (χ1v) is 7.70. The number of nitrogens with zero attached hydrogens (tertiary/aromatic N) is 1. The molecule has 1 amide bonds. The predicted molar refractivity (Wildman–Crippen MR) is 83.8 cm³/mol. The lowest BCUT2D eigenvalue weighted by Gasteiger charge is -2.21. The second-order valence-corrected chi connectivity index (χ2v) is 5.33. The monoisotopic (exact) mass is 300 g/mol. The van der Waals surface area contributed by atoms with Crippen LogP contribution in [0.25, 0.3) is 10.9 Å². The maximum Gasteiger partial charge on any atom is 0.249 e. The molecule has 116 valence electrons. The number of benzene rings is 1. The maximum absolute atomic E-state index is 11.9. The molecule has 1 aromatic carbocycles. The highest BCUT2D eigenvalue weighted by Crippen LogP contribution is 2.22. The average Bonchev–Trinajstić information content (AvgIpc) is 2.59. The van der Waals surface area contributed by atoms with Crippen LogP contribution in [0.4, 0.5) is 0 Å². The van der Waals surface area contributed by atoms with E-state index < -0.39 is 0 Å². The van der Waals surface area contributed by atoms with Crippen molar-refractivity contribution in [2.24, 2.45) is 0 Å². The predicted octanol–water partition coefficient (Wildman–Crippen LogP) is 2.30. The van der Waals surface area contributed by atoms with Crippen LogP contribution in [-0.4, -0.2) is 36.8 Å². The summed E-state index contributed by atoms with van der Waals surface area (Å²) in [7, 11) is 0. The smallest absolute Gasteiger partial charge is 0.249 e. The molecule has 5 nitrogen and oxygen atoms in total. The molecule has 0 saturated carbocycles. The number of fused-ring (bicyclic) bond motifs is 1. The van der Waals surface area contributed by atoms with E-state index in [2.05, 4.69) is 10.3 Å². The van der Waals surface area contributed by atoms with Crippen LogP contribution < -0.4 is 10.1 Å². The molecule has 1 aromatic heterocycles. The van der Waals surface area contributed by atoms with Gasteiger partial charge in [-0.15, -0.1) is 0 Å². The van der Waals surface area contributed by atoms with Crippen LogP contribution in [0.2, 0.25) is 0 Å². The van der Waals surface area contributed by atoms with Crippen molar-refractivity contribution in [3.8, 4) is 5.75 Å². The number of aromatic nitrogens is 1. The third-order valence-corrected chi connectivity index (χ3v) is 3.73. The van der Waals surface area contributed by atoms with Crippen LogP contribution in [0.3, 0.4) is 0 Å². The largest absolute Gasteiger partial charge is 0.489 e. The Morgan fingerprint density at radius 1 is 1.32 bits per heavy atom. The molecule has 0 unspecified atom stereocenters. The van der Waals surface area contributed by atoms with E-state index in [4.69, 9.17) is 9.47 Å². The number of amides is 1. The molecule has 2 heterocycles. The second kappa shape index (κ2) is 7.22. The van der Waals surface area contributed by atoms with Crippen LogP contribution in [0.5, 0.6) is 5.75 Å². The van der Waals surface area contributed by atoms with Gasteiger partial charge in [-0.25, -0.2) is 0 Å². The summed E-state index contributed by atoms with van der Waals surface area (Å²) < 4.78 is 11.2. The molecular weight excluding hydrogens is 280 g/mol. The lowest BCUT2D eigenvalue weighted by molar-refractivity contribution is -0.135. The summed E-state index contributed by atoms with van der Waals surface area (Å²) in [6, 6.07) is 9.72. The number of carbonyl (C=O) groups is 1. The molecule has 1 N–H and O–H groups in total. The van der Waals surface area contributed by atoms with Gasteiger partial charge in [0.1, 0.15) is 24.0 Å². The fourth-order valence-corrected chi connectivity index (χ4v) is 2.59. The lowest BCUT2D eigenvalue weighted by Crippen LogP contribution is -2.40. The van der Waals surface area contributed by atoms with Crippen LogP contribution in [0.1, 0.15) is 19.3 Å². The molecular formula is C17H20N2O3. The summed E-state index contributed by atoms with van der Waals surface area (Å²) in [6.07, 6.45) is 4.35. The van der Waals surface area contributed by atoms with Crippen molar-refractivity contribution in [3.05, 3.63) is 36.5 Å². The first kappa shape index (κ1) is 14.8. The third-order valence-electron chi connectivity index (χ3n) is 3.73. The molecule has 1 saturated heterocycles. The van der Waals surface area contributed by atoms with Gasteiger partial charge in [0.05, 0.1) is 6.54 Å². The Balaban J connectivity index is 1.49. The summed E-state index contributed by atoms with van der Waals surface area (Å²) in [6.45, 7) is 1.55. The van der Waals surface area contributed by atoms with E-state index >= 15 is 0 Å². The number of nitrogens with one attached hydrogen (secondary N) is 1. The highest BCUT2D eigenvalue weighted by molar-refractivity contribution is 5.84. The minimum Gasteiger partial charge on any atom is -0.489 e. The van der Waals surface area contributed by atoms with Crippen LogP contribution >= 0.6 is 0 Å². The Hall–Kier alpha value is -2.14. The summed E-state index contributed by atoms with van der Waals surface area (Å²) >= 11 is 0. The molecule has 2 aromatic rings. The van der Waals surface area contributed by atoms with Crippen molar-refractivity contribution in [2.45, 2.75) is 25.4 Å². The molecule has 1 fully saturated rings. The minimum atomic E-state index is -0.298. The number of carbonyl (C=O) groups excluding carboxylic acids is 1. The van der Waals surface area contributed by atoms with E-state index in [0.29, 0.717) is 19.8 Å². The summed E-state index contributed by atoms with van der Waals surface area (Å²) in [5.41, 5.74) is 0.840. The topological polar surface area (TPSA) is 60.5 Å². The van der Waals surface area contributed by atoms with E-state index in [0.717, 1.165) is 35.9 Å². The molecule has 0 aliphatic carbocycles. The van der Waals surface area contributed by atoms with Crippen molar-refractivity contribution in [1.29, 1.82) is 0 Å². The normalized spacial score (nSPS) is 18.1. The molecule has 0 spiro atoms. The highest BCUT2D eigenvalue weighted by Gasteiger charge is 2.21. The minimum absolute atomic E-state index is 0.0423. The van der Waals surface area contributed by atoms with Crippen LogP contribution in [-0.2, 0) is 9.53 Å². The Labute approximate surface area is 129 Å². The van der Waals surface area contributed by atoms with Gasteiger partial charge in [-0.2, -0.15) is 0 Å². The Kier molecular flexibility index (Phi) is 4.85. The van der Waals surface area contributed by atoms with E-state index in [1.165, 1.54) is 0 Å². The van der Waals surface area contributed by atoms with Crippen molar-refractivity contribution in [2.75, 3.05) is 19.8 Å². The van der Waals surface area contributed by atoms with Gasteiger partial charge >= 0.3 is 0 Å². The molecule has 1 aliphatic heterocycles. The zero-order valence-electron chi connectivity index (χ0n) is 12.5. The molecule has 5 heteroatoms. The first-order chi connectivity index (χ1) is 10.8. The van der Waals surface area contributed by atoms with E-state index in [1.807, 2.05) is 30.3 Å². The summed E-state index contributed by atoms with van der Waals surface area (Å²) in [4.78, 5) is 16.3. The van der Waals surface area contributed by atoms with Crippen molar-refractivity contribution in [3.63, 3.8) is 0 Å². The fraction of sp³-hybridized carbons (Fsp3) is 0.412. The van der Waals surface area contributed by atoms with E-state index in [9.17, 15) is 4.79 Å². The zero-order valence-corrected chi connectivity index (χ0v) is 12.5. The molecule has 0 bridgehead atoms. The number of ether oxygens (including phenoxy) is 2. The molecule has 22 heavy (non-hydrogen) atoms. The van der Waals surface area contributed by atoms with Gasteiger partial charge in [-0.3, -0.25) is 9.78 Å². The van der Waals surface area contributed by atoms with E-state index in [-0.39, 0.29) is 12.0 Å². The lowest BCUT2D eigenvalue weighted by atomic mass is 10.1. The maximum atomic E-state index is 11.9.